The third-order valence-corrected chi connectivity index (χ3v) is 5.47. The van der Waals surface area contributed by atoms with Gasteiger partial charge in [0.2, 0.25) is 0 Å². The first-order valence-corrected chi connectivity index (χ1v) is 9.39. The number of hydrogen-bond acceptors (Lipinski definition) is 3. The number of aryl methyl sites for hydroxylation is 1. The predicted octanol–water partition coefficient (Wildman–Crippen LogP) is 2.97. The van der Waals surface area contributed by atoms with E-state index < -0.39 is 0 Å². The average molecular weight is 360 g/mol. The molecule has 2 aromatic carbocycles. The maximum Gasteiger partial charge on any atom is 0.356 e. The number of benzene rings is 2. The lowest BCUT2D eigenvalue weighted by atomic mass is 9.93. The highest BCUT2D eigenvalue weighted by Gasteiger charge is 2.39. The molecule has 6 heteroatoms. The van der Waals surface area contributed by atoms with Crippen LogP contribution in [0.15, 0.2) is 54.6 Å². The van der Waals surface area contributed by atoms with Crippen molar-refractivity contribution in [2.45, 2.75) is 38.4 Å². The monoisotopic (exact) mass is 360 g/mol. The van der Waals surface area contributed by atoms with Gasteiger partial charge in [0, 0.05) is 6.42 Å². The Bertz CT molecular complexity index is 993. The van der Waals surface area contributed by atoms with Gasteiger partial charge >= 0.3 is 11.9 Å². The Balaban J connectivity index is 1.61. The molecule has 136 valence electrons. The summed E-state index contributed by atoms with van der Waals surface area (Å²) in [5.74, 6) is 1.60. The standard InChI is InChI=1S/C21H21N5O/c1-14-7-9-15(10-8-14)17-13-18(16-5-3-2-4-6-16)26-21(22-17)25-12-11-19(27)23-20(25)24-26/h2-10,17-18H,11-13H2,1H3,(H,23,24,27)/p+1. The van der Waals surface area contributed by atoms with E-state index in [0.717, 1.165) is 12.4 Å². The van der Waals surface area contributed by atoms with Gasteiger partial charge in [-0.25, -0.2) is 9.88 Å². The average Bonchev–Trinajstić information content (AvgIpc) is 3.06. The molecule has 0 radical (unpaired) electrons. The summed E-state index contributed by atoms with van der Waals surface area (Å²) in [7, 11) is 0. The number of amides is 1. The Morgan fingerprint density at radius 2 is 1.85 bits per heavy atom. The van der Waals surface area contributed by atoms with Gasteiger partial charge in [-0.15, -0.1) is 4.68 Å². The summed E-state index contributed by atoms with van der Waals surface area (Å²) in [6, 6.07) is 19.5. The van der Waals surface area contributed by atoms with Crippen molar-refractivity contribution in [2.24, 2.45) is 0 Å². The molecule has 1 amide bonds. The van der Waals surface area contributed by atoms with Crippen LogP contribution in [0.2, 0.25) is 0 Å². The maximum absolute atomic E-state index is 11.8. The van der Waals surface area contributed by atoms with Gasteiger partial charge in [-0.3, -0.25) is 10.1 Å². The molecule has 0 fully saturated rings. The van der Waals surface area contributed by atoms with Crippen LogP contribution in [0.25, 0.3) is 0 Å². The Labute approximate surface area is 157 Å². The Kier molecular flexibility index (Phi) is 3.70. The second-order valence-corrected chi connectivity index (χ2v) is 7.31. The number of anilines is 2. The molecule has 3 heterocycles. The van der Waals surface area contributed by atoms with Crippen LogP contribution in [-0.4, -0.2) is 15.7 Å². The predicted molar refractivity (Wildman–Crippen MR) is 102 cm³/mol. The fourth-order valence-electron chi connectivity index (χ4n) is 4.00. The number of fused-ring (bicyclic) bond motifs is 3. The lowest BCUT2D eigenvalue weighted by Crippen LogP contribution is -2.46. The van der Waals surface area contributed by atoms with E-state index in [-0.39, 0.29) is 18.0 Å². The molecule has 0 saturated carbocycles. The summed E-state index contributed by atoms with van der Waals surface area (Å²) in [4.78, 5) is 11.8. The van der Waals surface area contributed by atoms with Gasteiger partial charge in [-0.1, -0.05) is 60.2 Å². The smallest absolute Gasteiger partial charge is 0.300 e. The molecule has 0 spiro atoms. The van der Waals surface area contributed by atoms with Crippen LogP contribution in [0.5, 0.6) is 0 Å². The van der Waals surface area contributed by atoms with Crippen molar-refractivity contribution in [3.8, 4) is 0 Å². The molecule has 6 nitrogen and oxygen atoms in total. The summed E-state index contributed by atoms with van der Waals surface area (Å²) in [5, 5.41) is 11.3. The fraction of sp³-hybridized carbons (Fsp3) is 0.286. The van der Waals surface area contributed by atoms with Crippen LogP contribution in [0.4, 0.5) is 11.9 Å². The van der Waals surface area contributed by atoms with Gasteiger partial charge < -0.3 is 0 Å². The summed E-state index contributed by atoms with van der Waals surface area (Å²) in [6.07, 6.45) is 1.37. The number of nitrogens with zero attached hydrogens (tertiary/aromatic N) is 3. The number of rotatable bonds is 2. The molecule has 2 aliphatic heterocycles. The van der Waals surface area contributed by atoms with Crippen molar-refractivity contribution in [3.63, 3.8) is 0 Å². The van der Waals surface area contributed by atoms with Crippen LogP contribution < -0.4 is 15.2 Å². The van der Waals surface area contributed by atoms with E-state index in [1.165, 1.54) is 16.7 Å². The Morgan fingerprint density at radius 1 is 1.07 bits per heavy atom. The van der Waals surface area contributed by atoms with E-state index in [2.05, 4.69) is 70.7 Å². The van der Waals surface area contributed by atoms with Crippen molar-refractivity contribution in [1.82, 2.24) is 9.78 Å². The Hall–Kier alpha value is -3.15. The normalized spacial score (nSPS) is 21.0. The maximum atomic E-state index is 11.8. The number of carbonyl (C=O) groups excluding carboxylic acids is 1. The molecule has 1 aromatic heterocycles. The van der Waals surface area contributed by atoms with E-state index in [4.69, 9.17) is 5.10 Å². The van der Waals surface area contributed by atoms with Crippen LogP contribution in [0.3, 0.4) is 0 Å². The zero-order chi connectivity index (χ0) is 18.4. The Morgan fingerprint density at radius 3 is 2.63 bits per heavy atom. The van der Waals surface area contributed by atoms with E-state index in [0.29, 0.717) is 18.9 Å². The third kappa shape index (κ3) is 2.77. The SMILES string of the molecule is Cc1ccc(C2CC(c3ccccc3)n3nc4[n+](c3N2)CCC(=O)N4)cc1. The number of hydrogen-bond donors (Lipinski definition) is 2. The van der Waals surface area contributed by atoms with Gasteiger partial charge in [0.05, 0.1) is 19.0 Å². The molecule has 2 atom stereocenters. The van der Waals surface area contributed by atoms with Crippen molar-refractivity contribution < 1.29 is 9.36 Å². The van der Waals surface area contributed by atoms with Gasteiger partial charge in [0.1, 0.15) is 6.04 Å². The molecule has 2 unspecified atom stereocenters. The molecule has 2 N–H and O–H groups in total. The lowest BCUT2D eigenvalue weighted by Gasteiger charge is -2.28. The highest BCUT2D eigenvalue weighted by Crippen LogP contribution is 2.38. The minimum atomic E-state index is 0.0248. The highest BCUT2D eigenvalue weighted by molar-refractivity contribution is 5.88. The van der Waals surface area contributed by atoms with Crippen molar-refractivity contribution >= 4 is 17.8 Å². The molecule has 0 aliphatic carbocycles. The van der Waals surface area contributed by atoms with Crippen LogP contribution in [0.1, 0.15) is 41.6 Å². The second-order valence-electron chi connectivity index (χ2n) is 7.31. The van der Waals surface area contributed by atoms with E-state index in [9.17, 15) is 4.79 Å². The van der Waals surface area contributed by atoms with Crippen molar-refractivity contribution in [1.29, 1.82) is 0 Å². The van der Waals surface area contributed by atoms with Crippen molar-refractivity contribution in [3.05, 3.63) is 71.3 Å². The number of aromatic nitrogens is 3. The quantitative estimate of drug-likeness (QED) is 0.691. The fourth-order valence-corrected chi connectivity index (χ4v) is 4.00. The van der Waals surface area contributed by atoms with Gasteiger partial charge in [-0.05, 0) is 23.1 Å². The van der Waals surface area contributed by atoms with Crippen LogP contribution in [-0.2, 0) is 11.3 Å². The summed E-state index contributed by atoms with van der Waals surface area (Å²) >= 11 is 0. The second kappa shape index (κ2) is 6.23. The molecule has 27 heavy (non-hydrogen) atoms. The molecule has 3 aromatic rings. The van der Waals surface area contributed by atoms with Crippen LogP contribution >= 0.6 is 0 Å². The first kappa shape index (κ1) is 16.1. The zero-order valence-electron chi connectivity index (χ0n) is 15.2. The van der Waals surface area contributed by atoms with Crippen LogP contribution in [0, 0.1) is 6.92 Å². The van der Waals surface area contributed by atoms with E-state index in [1.54, 1.807) is 0 Å². The van der Waals surface area contributed by atoms with Gasteiger partial charge in [-0.2, -0.15) is 0 Å². The summed E-state index contributed by atoms with van der Waals surface area (Å²) < 4.78 is 4.11. The summed E-state index contributed by atoms with van der Waals surface area (Å²) in [5.41, 5.74) is 3.75. The summed E-state index contributed by atoms with van der Waals surface area (Å²) in [6.45, 7) is 2.75. The van der Waals surface area contributed by atoms with E-state index in [1.807, 2.05) is 10.7 Å². The molecule has 2 aliphatic rings. The largest absolute Gasteiger partial charge is 0.356 e. The molecular formula is C21H22N5O+. The number of nitrogens with one attached hydrogen (secondary N) is 2. The van der Waals surface area contributed by atoms with Gasteiger partial charge in [0.15, 0.2) is 0 Å². The highest BCUT2D eigenvalue weighted by atomic mass is 16.2. The molecular weight excluding hydrogens is 338 g/mol. The topological polar surface area (TPSA) is 62.8 Å². The van der Waals surface area contributed by atoms with E-state index >= 15 is 0 Å². The number of carbonyl (C=O) groups is 1. The molecule has 0 saturated heterocycles. The first-order valence-electron chi connectivity index (χ1n) is 9.39. The minimum Gasteiger partial charge on any atom is -0.300 e. The lowest BCUT2D eigenvalue weighted by molar-refractivity contribution is -0.671. The van der Waals surface area contributed by atoms with Gasteiger partial charge in [0.25, 0.3) is 5.91 Å². The third-order valence-electron chi connectivity index (χ3n) is 5.47. The molecule has 5 rings (SSSR count). The zero-order valence-corrected chi connectivity index (χ0v) is 15.2. The minimum absolute atomic E-state index is 0.0248. The first-order chi connectivity index (χ1) is 13.2. The molecule has 0 bridgehead atoms. The van der Waals surface area contributed by atoms with Crippen molar-refractivity contribution in [2.75, 3.05) is 10.6 Å².